The molecule has 5 heteroatoms. The first-order valence-corrected chi connectivity index (χ1v) is 4.91. The van der Waals surface area contributed by atoms with Crippen LogP contribution in [0.3, 0.4) is 0 Å². The molecule has 0 saturated heterocycles. The summed E-state index contributed by atoms with van der Waals surface area (Å²) in [5, 5.41) is 0.351. The van der Waals surface area contributed by atoms with E-state index in [0.717, 1.165) is 5.56 Å². The van der Waals surface area contributed by atoms with Gasteiger partial charge >= 0.3 is 0 Å². The Morgan fingerprint density at radius 1 is 1.44 bits per heavy atom. The Kier molecular flexibility index (Phi) is 2.78. The molecule has 0 atom stereocenters. The minimum atomic E-state index is -0.714. The van der Waals surface area contributed by atoms with Crippen molar-refractivity contribution in [3.8, 4) is 5.75 Å². The number of aromatic nitrogens is 1. The van der Waals surface area contributed by atoms with Gasteiger partial charge in [0.1, 0.15) is 0 Å². The minimum absolute atomic E-state index is 0.351. The van der Waals surface area contributed by atoms with Gasteiger partial charge in [0, 0.05) is 17.6 Å². The van der Waals surface area contributed by atoms with Gasteiger partial charge in [0.25, 0.3) is 0 Å². The molecule has 3 nitrogen and oxygen atoms in total. The summed E-state index contributed by atoms with van der Waals surface area (Å²) in [6, 6.07) is 1.22. The van der Waals surface area contributed by atoms with E-state index in [9.17, 15) is 8.78 Å². The third-order valence-corrected chi connectivity index (χ3v) is 2.52. The number of nitrogens with two attached hydrogens (primary N) is 1. The van der Waals surface area contributed by atoms with Crippen LogP contribution in [0.4, 0.5) is 8.78 Å². The summed E-state index contributed by atoms with van der Waals surface area (Å²) >= 11 is 0. The van der Waals surface area contributed by atoms with Gasteiger partial charge in [-0.15, -0.1) is 0 Å². The van der Waals surface area contributed by atoms with Crippen LogP contribution in [0, 0.1) is 11.6 Å². The molecular formula is C11H12F2N2O. The van der Waals surface area contributed by atoms with Gasteiger partial charge in [0.2, 0.25) is 0 Å². The molecular weight excluding hydrogens is 214 g/mol. The maximum atomic E-state index is 13.9. The highest BCUT2D eigenvalue weighted by Gasteiger charge is 2.17. The lowest BCUT2D eigenvalue weighted by Gasteiger charge is -2.05. The summed E-state index contributed by atoms with van der Waals surface area (Å²) in [5.74, 6) is -1.75. The predicted molar refractivity (Wildman–Crippen MR) is 57.5 cm³/mol. The first-order valence-electron chi connectivity index (χ1n) is 4.91. The van der Waals surface area contributed by atoms with E-state index in [1.165, 1.54) is 13.2 Å². The summed E-state index contributed by atoms with van der Waals surface area (Å²) in [4.78, 5) is 2.81. The van der Waals surface area contributed by atoms with E-state index >= 15 is 0 Å². The molecule has 0 saturated carbocycles. The molecule has 1 heterocycles. The number of halogens is 2. The fraction of sp³-hybridized carbons (Fsp3) is 0.273. The maximum absolute atomic E-state index is 13.9. The Morgan fingerprint density at radius 2 is 2.19 bits per heavy atom. The largest absolute Gasteiger partial charge is 0.491 e. The average molecular weight is 226 g/mol. The monoisotopic (exact) mass is 226 g/mol. The van der Waals surface area contributed by atoms with Gasteiger partial charge in [-0.1, -0.05) is 0 Å². The van der Waals surface area contributed by atoms with Gasteiger partial charge in [-0.2, -0.15) is 0 Å². The van der Waals surface area contributed by atoms with Crippen LogP contribution in [0.15, 0.2) is 12.3 Å². The summed E-state index contributed by atoms with van der Waals surface area (Å²) in [7, 11) is 1.24. The van der Waals surface area contributed by atoms with Crippen LogP contribution in [-0.4, -0.2) is 18.6 Å². The van der Waals surface area contributed by atoms with Gasteiger partial charge in [0.15, 0.2) is 17.4 Å². The molecule has 0 fully saturated rings. The molecule has 0 aliphatic heterocycles. The Morgan fingerprint density at radius 3 is 2.81 bits per heavy atom. The maximum Gasteiger partial charge on any atom is 0.191 e. The average Bonchev–Trinajstić information content (AvgIpc) is 2.62. The second kappa shape index (κ2) is 4.09. The number of fused-ring (bicyclic) bond motifs is 1. The number of rotatable bonds is 3. The number of hydrogen-bond donors (Lipinski definition) is 2. The molecule has 3 N–H and O–H groups in total. The molecule has 0 unspecified atom stereocenters. The number of ether oxygens (including phenoxy) is 1. The van der Waals surface area contributed by atoms with E-state index < -0.39 is 11.6 Å². The fourth-order valence-corrected chi connectivity index (χ4v) is 1.81. The van der Waals surface area contributed by atoms with Gasteiger partial charge in [-0.3, -0.25) is 0 Å². The Hall–Kier alpha value is -1.62. The van der Waals surface area contributed by atoms with E-state index in [0.29, 0.717) is 23.9 Å². The van der Waals surface area contributed by atoms with Crippen molar-refractivity contribution >= 4 is 10.9 Å². The number of hydrogen-bond acceptors (Lipinski definition) is 2. The van der Waals surface area contributed by atoms with Crippen LogP contribution in [-0.2, 0) is 6.42 Å². The summed E-state index contributed by atoms with van der Waals surface area (Å²) in [6.07, 6.45) is 2.17. The first-order chi connectivity index (χ1) is 7.69. The van der Waals surface area contributed by atoms with Gasteiger partial charge < -0.3 is 15.5 Å². The van der Waals surface area contributed by atoms with Crippen molar-refractivity contribution in [2.75, 3.05) is 13.7 Å². The molecule has 1 aromatic carbocycles. The molecule has 0 bridgehead atoms. The Bertz CT molecular complexity index is 522. The highest BCUT2D eigenvalue weighted by Crippen LogP contribution is 2.31. The molecule has 16 heavy (non-hydrogen) atoms. The Balaban J connectivity index is 2.72. The molecule has 2 aromatic rings. The second-order valence-electron chi connectivity index (χ2n) is 3.48. The molecule has 0 radical (unpaired) electrons. The highest BCUT2D eigenvalue weighted by atomic mass is 19.1. The van der Waals surface area contributed by atoms with Crippen molar-refractivity contribution in [2.45, 2.75) is 6.42 Å². The van der Waals surface area contributed by atoms with Crippen molar-refractivity contribution in [3.05, 3.63) is 29.5 Å². The molecule has 0 aliphatic rings. The van der Waals surface area contributed by atoms with E-state index in [1.54, 1.807) is 6.20 Å². The van der Waals surface area contributed by atoms with Crippen molar-refractivity contribution in [1.82, 2.24) is 4.98 Å². The number of nitrogens with one attached hydrogen (secondary N) is 1. The van der Waals surface area contributed by atoms with Gasteiger partial charge in [-0.05, 0) is 18.5 Å². The second-order valence-corrected chi connectivity index (χ2v) is 3.48. The third kappa shape index (κ3) is 1.53. The normalized spacial score (nSPS) is 11.0. The lowest BCUT2D eigenvalue weighted by Crippen LogP contribution is -2.02. The molecule has 0 amide bonds. The third-order valence-electron chi connectivity index (χ3n) is 2.52. The topological polar surface area (TPSA) is 51.0 Å². The first kappa shape index (κ1) is 10.9. The SMILES string of the molecule is COc1c(F)cc2[nH]cc(CCN)c2c1F. The van der Waals surface area contributed by atoms with Crippen molar-refractivity contribution < 1.29 is 13.5 Å². The van der Waals surface area contributed by atoms with Gasteiger partial charge in [-0.25, -0.2) is 8.78 Å². The van der Waals surface area contributed by atoms with Crippen LogP contribution in [0.25, 0.3) is 10.9 Å². The molecule has 2 rings (SSSR count). The smallest absolute Gasteiger partial charge is 0.191 e. The van der Waals surface area contributed by atoms with E-state index in [4.69, 9.17) is 10.5 Å². The quantitative estimate of drug-likeness (QED) is 0.840. The van der Waals surface area contributed by atoms with Crippen molar-refractivity contribution in [2.24, 2.45) is 5.73 Å². The summed E-state index contributed by atoms with van der Waals surface area (Å²) in [6.45, 7) is 0.409. The zero-order valence-electron chi connectivity index (χ0n) is 8.81. The minimum Gasteiger partial charge on any atom is -0.491 e. The van der Waals surface area contributed by atoms with Crippen molar-refractivity contribution in [3.63, 3.8) is 0 Å². The number of methoxy groups -OCH3 is 1. The van der Waals surface area contributed by atoms with Crippen LogP contribution in [0.5, 0.6) is 5.75 Å². The van der Waals surface area contributed by atoms with Crippen LogP contribution in [0.2, 0.25) is 0 Å². The van der Waals surface area contributed by atoms with E-state index in [-0.39, 0.29) is 5.75 Å². The highest BCUT2D eigenvalue weighted by molar-refractivity contribution is 5.85. The Labute approximate surface area is 91.2 Å². The summed E-state index contributed by atoms with van der Waals surface area (Å²) < 4.78 is 32.0. The zero-order chi connectivity index (χ0) is 11.7. The van der Waals surface area contributed by atoms with Crippen molar-refractivity contribution in [1.29, 1.82) is 0 Å². The van der Waals surface area contributed by atoms with Crippen LogP contribution >= 0.6 is 0 Å². The van der Waals surface area contributed by atoms with Crippen LogP contribution < -0.4 is 10.5 Å². The summed E-state index contributed by atoms with van der Waals surface area (Å²) in [5.41, 5.74) is 6.57. The van der Waals surface area contributed by atoms with Gasteiger partial charge in [0.05, 0.1) is 12.6 Å². The number of H-pyrrole nitrogens is 1. The standard InChI is InChI=1S/C11H12F2N2O/c1-16-11-7(12)4-8-9(10(11)13)6(2-3-14)5-15-8/h4-5,15H,2-3,14H2,1H3. The lowest BCUT2D eigenvalue weighted by molar-refractivity contribution is 0.362. The van der Waals surface area contributed by atoms with E-state index in [1.807, 2.05) is 0 Å². The van der Waals surface area contributed by atoms with E-state index in [2.05, 4.69) is 4.98 Å². The lowest BCUT2D eigenvalue weighted by atomic mass is 10.1. The molecule has 86 valence electrons. The predicted octanol–water partition coefficient (Wildman–Crippen LogP) is 1.96. The molecule has 0 aliphatic carbocycles. The molecule has 1 aromatic heterocycles. The molecule has 0 spiro atoms. The van der Waals surface area contributed by atoms with Crippen LogP contribution in [0.1, 0.15) is 5.56 Å². The number of aromatic amines is 1. The zero-order valence-corrected chi connectivity index (χ0v) is 8.81. The number of benzene rings is 1. The fourth-order valence-electron chi connectivity index (χ4n) is 1.81.